The molecule has 3 atom stereocenters. The summed E-state index contributed by atoms with van der Waals surface area (Å²) in [6.45, 7) is 4.24. The number of amides is 1. The van der Waals surface area contributed by atoms with Crippen molar-refractivity contribution in [2.45, 2.75) is 76.0 Å². The van der Waals surface area contributed by atoms with Crippen LogP contribution in [0.5, 0.6) is 0 Å². The highest BCUT2D eigenvalue weighted by molar-refractivity contribution is 5.77. The fourth-order valence-electron chi connectivity index (χ4n) is 6.64. The number of carboxylic acids is 1. The zero-order valence-corrected chi connectivity index (χ0v) is 26.6. The minimum absolute atomic E-state index is 0.00130. The van der Waals surface area contributed by atoms with Gasteiger partial charge in [-0.1, -0.05) is 72.8 Å². The second-order valence-electron chi connectivity index (χ2n) is 12.6. The summed E-state index contributed by atoms with van der Waals surface area (Å²) in [5.41, 5.74) is 5.83. The van der Waals surface area contributed by atoms with E-state index in [0.29, 0.717) is 26.2 Å². The molecule has 3 saturated heterocycles. The molecule has 1 amide bonds. The molecule has 10 nitrogen and oxygen atoms in total. The molecule has 0 radical (unpaired) electrons. The molecular formula is C37H44N2O8. The van der Waals surface area contributed by atoms with Crippen LogP contribution in [0, 0.1) is 0 Å². The minimum Gasteiger partial charge on any atom is -0.481 e. The molecule has 10 heteroatoms. The topological polar surface area (TPSA) is 127 Å². The molecule has 3 aliphatic heterocycles. The number of hydrogen-bond donors (Lipinski definition) is 3. The van der Waals surface area contributed by atoms with E-state index in [4.69, 9.17) is 24.1 Å². The lowest BCUT2D eigenvalue weighted by Gasteiger charge is -2.41. The van der Waals surface area contributed by atoms with E-state index in [1.807, 2.05) is 60.7 Å². The Morgan fingerprint density at radius 3 is 2.28 bits per heavy atom. The highest BCUT2D eigenvalue weighted by atomic mass is 16.7. The molecule has 0 unspecified atom stereocenters. The Morgan fingerprint density at radius 2 is 1.57 bits per heavy atom. The number of benzene rings is 3. The number of nitrogens with one attached hydrogen (secondary N) is 1. The molecule has 1 spiro atoms. The van der Waals surface area contributed by atoms with Gasteiger partial charge in [0.2, 0.25) is 5.91 Å². The number of piperidine rings is 1. The van der Waals surface area contributed by atoms with Crippen LogP contribution in [-0.2, 0) is 41.7 Å². The second-order valence-corrected chi connectivity index (χ2v) is 12.6. The zero-order valence-electron chi connectivity index (χ0n) is 26.6. The number of rotatable bonds is 12. The smallest absolute Gasteiger partial charge is 0.303 e. The van der Waals surface area contributed by atoms with Gasteiger partial charge in [-0.3, -0.25) is 9.59 Å². The Balaban J connectivity index is 1.14. The first kappa shape index (κ1) is 33.3. The largest absolute Gasteiger partial charge is 0.481 e. The lowest BCUT2D eigenvalue weighted by molar-refractivity contribution is -0.255. The number of carboxylic acid groups (broad SMARTS) is 1. The number of hydrogen-bond acceptors (Lipinski definition) is 8. The van der Waals surface area contributed by atoms with Gasteiger partial charge in [0.15, 0.2) is 12.1 Å². The highest BCUT2D eigenvalue weighted by Gasteiger charge is 2.41. The monoisotopic (exact) mass is 644 g/mol. The SMILES string of the molecule is O=C(O)CCCC(=O)NCc1ccccc1-c1ccc([C@@H]2O[C@H](CN3CCC4(CC3)OCCO4)C[C@H](c3ccc(CO)cc3)O2)cc1. The van der Waals surface area contributed by atoms with Crippen LogP contribution in [0.3, 0.4) is 0 Å². The van der Waals surface area contributed by atoms with Crippen molar-refractivity contribution in [2.24, 2.45) is 0 Å². The average molecular weight is 645 g/mol. The summed E-state index contributed by atoms with van der Waals surface area (Å²) in [7, 11) is 0. The molecule has 0 saturated carbocycles. The summed E-state index contributed by atoms with van der Waals surface area (Å²) in [5.74, 6) is -1.48. The first-order valence-electron chi connectivity index (χ1n) is 16.6. The van der Waals surface area contributed by atoms with Crippen molar-refractivity contribution in [3.05, 3.63) is 95.1 Å². The quantitative estimate of drug-likeness (QED) is 0.247. The summed E-state index contributed by atoms with van der Waals surface area (Å²) in [5, 5.41) is 21.3. The van der Waals surface area contributed by atoms with E-state index in [1.54, 1.807) is 0 Å². The van der Waals surface area contributed by atoms with Gasteiger partial charge >= 0.3 is 5.97 Å². The Bertz CT molecular complexity index is 1480. The van der Waals surface area contributed by atoms with Crippen LogP contribution in [0.1, 0.15) is 73.2 Å². The number of nitrogens with zero attached hydrogens (tertiary/aromatic N) is 1. The van der Waals surface area contributed by atoms with E-state index in [-0.39, 0.29) is 37.6 Å². The van der Waals surface area contributed by atoms with Gasteiger partial charge in [0, 0.05) is 63.8 Å². The third-order valence-electron chi connectivity index (χ3n) is 9.29. The molecule has 47 heavy (non-hydrogen) atoms. The van der Waals surface area contributed by atoms with E-state index in [0.717, 1.165) is 72.3 Å². The average Bonchev–Trinajstić information content (AvgIpc) is 3.56. The van der Waals surface area contributed by atoms with Gasteiger partial charge < -0.3 is 39.4 Å². The van der Waals surface area contributed by atoms with Gasteiger partial charge in [-0.15, -0.1) is 0 Å². The van der Waals surface area contributed by atoms with E-state index in [9.17, 15) is 14.7 Å². The summed E-state index contributed by atoms with van der Waals surface area (Å²) in [6.07, 6.45) is 2.13. The number of aliphatic carboxylic acids is 1. The molecule has 250 valence electrons. The van der Waals surface area contributed by atoms with Gasteiger partial charge in [-0.25, -0.2) is 0 Å². The predicted octanol–water partition coefficient (Wildman–Crippen LogP) is 5.10. The first-order chi connectivity index (χ1) is 22.9. The van der Waals surface area contributed by atoms with Crippen molar-refractivity contribution in [3.8, 4) is 11.1 Å². The van der Waals surface area contributed by atoms with Crippen molar-refractivity contribution < 1.29 is 38.7 Å². The van der Waals surface area contributed by atoms with E-state index >= 15 is 0 Å². The molecule has 6 rings (SSSR count). The van der Waals surface area contributed by atoms with Crippen molar-refractivity contribution in [1.82, 2.24) is 10.2 Å². The molecule has 3 aliphatic rings. The molecule has 3 aromatic rings. The fraction of sp³-hybridized carbons (Fsp3) is 0.459. The third-order valence-corrected chi connectivity index (χ3v) is 9.29. The number of carbonyl (C=O) groups is 2. The van der Waals surface area contributed by atoms with Crippen LogP contribution in [0.25, 0.3) is 11.1 Å². The van der Waals surface area contributed by atoms with Crippen LogP contribution >= 0.6 is 0 Å². The number of aliphatic hydroxyl groups is 1. The lowest BCUT2D eigenvalue weighted by Crippen LogP contribution is -2.48. The van der Waals surface area contributed by atoms with E-state index in [1.165, 1.54) is 0 Å². The molecule has 0 aliphatic carbocycles. The number of carbonyl (C=O) groups excluding carboxylic acids is 1. The number of aliphatic hydroxyl groups excluding tert-OH is 1. The first-order valence-corrected chi connectivity index (χ1v) is 16.6. The van der Waals surface area contributed by atoms with E-state index in [2.05, 4.69) is 22.3 Å². The predicted molar refractivity (Wildman–Crippen MR) is 174 cm³/mol. The standard InChI is InChI=1S/C37H44N2O8/c40-25-26-8-10-28(11-9-26)33-22-31(24-39-18-16-37(17-19-39)44-20-21-45-37)46-36(47-33)29-14-12-27(13-15-29)32-5-2-1-4-30(32)23-38-34(41)6-3-7-35(42)43/h1-2,4-5,8-15,31,33,36,40H,3,6-7,16-25H2,(H,38,41)(H,42,43)/t31-,33+,36+/m0/s1. The van der Waals surface area contributed by atoms with Crippen molar-refractivity contribution in [1.29, 1.82) is 0 Å². The summed E-state index contributed by atoms with van der Waals surface area (Å²) in [4.78, 5) is 25.5. The Labute approximate surface area is 275 Å². The summed E-state index contributed by atoms with van der Waals surface area (Å²) < 4.78 is 25.1. The molecule has 3 aromatic carbocycles. The Morgan fingerprint density at radius 1 is 0.872 bits per heavy atom. The van der Waals surface area contributed by atoms with Gasteiger partial charge in [0.05, 0.1) is 32.0 Å². The van der Waals surface area contributed by atoms with Gasteiger partial charge in [-0.05, 0) is 34.2 Å². The van der Waals surface area contributed by atoms with Crippen LogP contribution in [0.2, 0.25) is 0 Å². The van der Waals surface area contributed by atoms with Gasteiger partial charge in [-0.2, -0.15) is 0 Å². The second kappa shape index (κ2) is 15.5. The summed E-state index contributed by atoms with van der Waals surface area (Å²) >= 11 is 0. The Hall–Kier alpha value is -3.64. The van der Waals surface area contributed by atoms with Crippen LogP contribution in [0.4, 0.5) is 0 Å². The molecular weight excluding hydrogens is 600 g/mol. The maximum atomic E-state index is 12.3. The van der Waals surface area contributed by atoms with Gasteiger partial charge in [0.1, 0.15) is 0 Å². The molecule has 0 aromatic heterocycles. The maximum Gasteiger partial charge on any atom is 0.303 e. The van der Waals surface area contributed by atoms with Gasteiger partial charge in [0.25, 0.3) is 0 Å². The fourth-order valence-corrected chi connectivity index (χ4v) is 6.64. The van der Waals surface area contributed by atoms with Crippen LogP contribution in [-0.4, -0.2) is 71.7 Å². The molecule has 3 N–H and O–H groups in total. The lowest BCUT2D eigenvalue weighted by atomic mass is 9.97. The third kappa shape index (κ3) is 8.64. The highest BCUT2D eigenvalue weighted by Crippen LogP contribution is 2.39. The van der Waals surface area contributed by atoms with E-state index < -0.39 is 18.0 Å². The molecule has 3 fully saturated rings. The van der Waals surface area contributed by atoms with Crippen molar-refractivity contribution >= 4 is 11.9 Å². The van der Waals surface area contributed by atoms with Crippen molar-refractivity contribution in [2.75, 3.05) is 32.8 Å². The number of likely N-dealkylation sites (tertiary alicyclic amines) is 1. The maximum absolute atomic E-state index is 12.3. The molecule has 3 heterocycles. The zero-order chi connectivity index (χ0) is 32.6. The molecule has 0 bridgehead atoms. The summed E-state index contributed by atoms with van der Waals surface area (Å²) in [6, 6.07) is 24.0. The van der Waals surface area contributed by atoms with Crippen molar-refractivity contribution in [3.63, 3.8) is 0 Å². The minimum atomic E-state index is -0.900. The Kier molecular flexibility index (Phi) is 11.0. The number of ether oxygens (including phenoxy) is 4. The van der Waals surface area contributed by atoms with Crippen LogP contribution in [0.15, 0.2) is 72.8 Å². The normalized spacial score (nSPS) is 22.7. The van der Waals surface area contributed by atoms with Crippen LogP contribution < -0.4 is 5.32 Å².